The average Bonchev–Trinajstić information content (AvgIpc) is 3.42. The number of aryl methyl sites for hydroxylation is 2. The first-order valence-corrected chi connectivity index (χ1v) is 13.5. The van der Waals surface area contributed by atoms with Gasteiger partial charge in [-0.15, -0.1) is 0 Å². The summed E-state index contributed by atoms with van der Waals surface area (Å²) in [6.07, 6.45) is 1.45. The van der Waals surface area contributed by atoms with E-state index in [4.69, 9.17) is 9.47 Å². The van der Waals surface area contributed by atoms with Crippen LogP contribution in [0.5, 0.6) is 5.75 Å². The molecule has 9 heteroatoms. The summed E-state index contributed by atoms with van der Waals surface area (Å²) in [6.45, 7) is 13.3. The zero-order chi connectivity index (χ0) is 29.4. The van der Waals surface area contributed by atoms with Crippen LogP contribution in [0.3, 0.4) is 0 Å². The number of carbonyl (C=O) groups excluding carboxylic acids is 3. The Morgan fingerprint density at radius 1 is 1.15 bits per heavy atom. The molecule has 4 rings (SSSR count). The molecule has 2 heterocycles. The Labute approximate surface area is 237 Å². The third-order valence-electron chi connectivity index (χ3n) is 6.73. The van der Waals surface area contributed by atoms with E-state index in [1.54, 1.807) is 39.2 Å². The number of ketones is 1. The van der Waals surface area contributed by atoms with Crippen molar-refractivity contribution in [1.29, 1.82) is 0 Å². The Hall–Kier alpha value is -4.24. The minimum Gasteiger partial charge on any atom is -0.507 e. The van der Waals surface area contributed by atoms with Crippen molar-refractivity contribution in [2.24, 2.45) is 0 Å². The van der Waals surface area contributed by atoms with E-state index in [0.717, 1.165) is 16.9 Å². The van der Waals surface area contributed by atoms with Gasteiger partial charge in [0, 0.05) is 5.56 Å². The molecule has 2 aromatic carbocycles. The number of hydrogen-bond donors (Lipinski definition) is 1. The average molecular weight is 561 g/mol. The van der Waals surface area contributed by atoms with Crippen molar-refractivity contribution in [2.75, 3.05) is 18.6 Å². The van der Waals surface area contributed by atoms with E-state index in [0.29, 0.717) is 28.1 Å². The van der Waals surface area contributed by atoms with Gasteiger partial charge < -0.3 is 14.6 Å². The maximum atomic E-state index is 13.6. The highest BCUT2D eigenvalue weighted by Gasteiger charge is 2.48. The van der Waals surface area contributed by atoms with Crippen LogP contribution in [0.25, 0.3) is 5.76 Å². The highest BCUT2D eigenvalue weighted by Crippen LogP contribution is 2.44. The van der Waals surface area contributed by atoms with Crippen molar-refractivity contribution in [1.82, 2.24) is 4.98 Å². The van der Waals surface area contributed by atoms with Crippen molar-refractivity contribution in [2.45, 2.75) is 46.1 Å². The van der Waals surface area contributed by atoms with Crippen molar-refractivity contribution in [3.8, 4) is 5.75 Å². The molecular formula is C31H32N2O6S. The summed E-state index contributed by atoms with van der Waals surface area (Å²) in [6, 6.07) is 11.7. The molecule has 1 amide bonds. The van der Waals surface area contributed by atoms with Crippen LogP contribution >= 0.6 is 11.3 Å². The van der Waals surface area contributed by atoms with Crippen LogP contribution in [0.1, 0.15) is 64.4 Å². The number of thiazole rings is 1. The second-order valence-electron chi connectivity index (χ2n) is 10.5. The van der Waals surface area contributed by atoms with Crippen LogP contribution in [-0.2, 0) is 19.7 Å². The monoisotopic (exact) mass is 560 g/mol. The smallest absolute Gasteiger partial charge is 0.350 e. The van der Waals surface area contributed by atoms with Gasteiger partial charge in [0.25, 0.3) is 5.78 Å². The Morgan fingerprint density at radius 3 is 2.40 bits per heavy atom. The molecule has 1 unspecified atom stereocenters. The number of aliphatic hydroxyl groups excluding tert-OH is 1. The largest absolute Gasteiger partial charge is 0.507 e. The van der Waals surface area contributed by atoms with Gasteiger partial charge in [-0.05, 0) is 54.2 Å². The second kappa shape index (κ2) is 11.1. The van der Waals surface area contributed by atoms with E-state index in [2.05, 4.69) is 32.3 Å². The van der Waals surface area contributed by atoms with E-state index in [9.17, 15) is 19.5 Å². The van der Waals surface area contributed by atoms with E-state index in [1.807, 2.05) is 24.3 Å². The molecule has 0 radical (unpaired) electrons. The first-order chi connectivity index (χ1) is 18.9. The standard InChI is InChI=1S/C31H32N2O6S/c1-8-15-39-29(37)27-18(3)32-30(40-27)33-24(19-9-11-20(12-10-19)31(4,5)6)23(26(35)28(33)36)25(34)22-14-13-21(38-7)16-17(22)2/h8-14,16,24,34H,1,15H2,2-7H3. The molecular weight excluding hydrogens is 528 g/mol. The first-order valence-electron chi connectivity index (χ1n) is 12.7. The zero-order valence-electron chi connectivity index (χ0n) is 23.4. The number of carbonyl (C=O) groups is 3. The summed E-state index contributed by atoms with van der Waals surface area (Å²) < 4.78 is 10.4. The fraction of sp³-hybridized carbons (Fsp3) is 0.290. The second-order valence-corrected chi connectivity index (χ2v) is 11.5. The number of nitrogens with zero attached hydrogens (tertiary/aromatic N) is 2. The summed E-state index contributed by atoms with van der Waals surface area (Å²) in [4.78, 5) is 45.6. The predicted molar refractivity (Wildman–Crippen MR) is 155 cm³/mol. The quantitative estimate of drug-likeness (QED) is 0.124. The first kappa shape index (κ1) is 28.8. The number of aromatic nitrogens is 1. The van der Waals surface area contributed by atoms with Gasteiger partial charge in [0.2, 0.25) is 0 Å². The SMILES string of the molecule is C=CCOC(=O)c1sc(N2C(=O)C(=O)C(=C(O)c3ccc(OC)cc3C)C2c2ccc(C(C)(C)C)cc2)nc1C. The number of methoxy groups -OCH3 is 1. The molecule has 208 valence electrons. The molecule has 40 heavy (non-hydrogen) atoms. The number of benzene rings is 2. The molecule has 0 spiro atoms. The summed E-state index contributed by atoms with van der Waals surface area (Å²) in [5, 5.41) is 11.7. The van der Waals surface area contributed by atoms with Crippen LogP contribution in [0, 0.1) is 13.8 Å². The molecule has 1 aliphatic heterocycles. The third-order valence-corrected chi connectivity index (χ3v) is 7.87. The molecule has 0 bridgehead atoms. The minimum absolute atomic E-state index is 0.0252. The molecule has 1 aromatic heterocycles. The minimum atomic E-state index is -0.974. The Balaban J connectivity index is 1.91. The van der Waals surface area contributed by atoms with E-state index in [-0.39, 0.29) is 33.4 Å². The van der Waals surface area contributed by atoms with Gasteiger partial charge in [0.05, 0.1) is 24.4 Å². The lowest BCUT2D eigenvalue weighted by atomic mass is 9.85. The summed E-state index contributed by atoms with van der Waals surface area (Å²) in [7, 11) is 1.54. The number of Topliss-reactive ketones (excluding diaryl/α,β-unsaturated/α-hetero) is 1. The molecule has 1 saturated heterocycles. The third kappa shape index (κ3) is 5.29. The van der Waals surface area contributed by atoms with E-state index < -0.39 is 23.7 Å². The molecule has 8 nitrogen and oxygen atoms in total. The van der Waals surface area contributed by atoms with Crippen LogP contribution in [-0.4, -0.2) is 41.5 Å². The zero-order valence-corrected chi connectivity index (χ0v) is 24.2. The Kier molecular flexibility index (Phi) is 7.98. The van der Waals surface area contributed by atoms with E-state index in [1.165, 1.54) is 11.0 Å². The fourth-order valence-electron chi connectivity index (χ4n) is 4.56. The van der Waals surface area contributed by atoms with E-state index >= 15 is 0 Å². The number of aliphatic hydroxyl groups is 1. The van der Waals surface area contributed by atoms with Gasteiger partial charge in [0.15, 0.2) is 5.13 Å². The lowest BCUT2D eigenvalue weighted by Crippen LogP contribution is -2.29. The van der Waals surface area contributed by atoms with Crippen LogP contribution in [0.15, 0.2) is 60.7 Å². The normalized spacial score (nSPS) is 16.8. The van der Waals surface area contributed by atoms with Crippen molar-refractivity contribution in [3.63, 3.8) is 0 Å². The lowest BCUT2D eigenvalue weighted by Gasteiger charge is -2.25. The highest BCUT2D eigenvalue weighted by atomic mass is 32.1. The van der Waals surface area contributed by atoms with Crippen LogP contribution in [0.2, 0.25) is 0 Å². The maximum Gasteiger partial charge on any atom is 0.350 e. The van der Waals surface area contributed by atoms with Crippen molar-refractivity contribution < 1.29 is 29.0 Å². The Morgan fingerprint density at radius 2 is 1.82 bits per heavy atom. The number of ether oxygens (including phenoxy) is 2. The number of esters is 1. The summed E-state index contributed by atoms with van der Waals surface area (Å²) in [5.41, 5.74) is 2.93. The number of anilines is 1. The summed E-state index contributed by atoms with van der Waals surface area (Å²) in [5.74, 6) is -2.00. The lowest BCUT2D eigenvalue weighted by molar-refractivity contribution is -0.132. The number of hydrogen-bond acceptors (Lipinski definition) is 8. The molecule has 1 fully saturated rings. The molecule has 0 saturated carbocycles. The van der Waals surface area contributed by atoms with Crippen molar-refractivity contribution >= 4 is 39.9 Å². The van der Waals surface area contributed by atoms with Crippen LogP contribution < -0.4 is 9.64 Å². The molecule has 3 aromatic rings. The van der Waals surface area contributed by atoms with Crippen molar-refractivity contribution in [3.05, 3.63) is 93.5 Å². The number of amides is 1. The van der Waals surface area contributed by atoms with Gasteiger partial charge in [0.1, 0.15) is 23.0 Å². The fourth-order valence-corrected chi connectivity index (χ4v) is 5.55. The summed E-state index contributed by atoms with van der Waals surface area (Å²) >= 11 is 0.957. The highest BCUT2D eigenvalue weighted by molar-refractivity contribution is 7.17. The van der Waals surface area contributed by atoms with Gasteiger partial charge >= 0.3 is 11.9 Å². The van der Waals surface area contributed by atoms with Gasteiger partial charge in [-0.2, -0.15) is 0 Å². The molecule has 0 aliphatic carbocycles. The van der Waals surface area contributed by atoms with Gasteiger partial charge in [-0.1, -0.05) is 69.0 Å². The molecule has 1 N–H and O–H groups in total. The number of rotatable bonds is 7. The molecule has 1 aliphatic rings. The molecule has 1 atom stereocenters. The van der Waals surface area contributed by atoms with Gasteiger partial charge in [-0.3, -0.25) is 14.5 Å². The maximum absolute atomic E-state index is 13.6. The predicted octanol–water partition coefficient (Wildman–Crippen LogP) is 6.04. The topological polar surface area (TPSA) is 106 Å². The van der Waals surface area contributed by atoms with Gasteiger partial charge in [-0.25, -0.2) is 9.78 Å². The Bertz CT molecular complexity index is 1530. The van der Waals surface area contributed by atoms with Crippen LogP contribution in [0.4, 0.5) is 5.13 Å².